The minimum absolute atomic E-state index is 0.0776. The summed E-state index contributed by atoms with van der Waals surface area (Å²) >= 11 is 0. The zero-order valence-electron chi connectivity index (χ0n) is 19.0. The van der Waals surface area contributed by atoms with Crippen LogP contribution in [0.2, 0.25) is 0 Å². The van der Waals surface area contributed by atoms with Gasteiger partial charge in [0, 0.05) is 37.9 Å². The largest absolute Gasteiger partial charge is 0.503 e. The molecule has 2 aromatic rings. The molecule has 2 aliphatic heterocycles. The standard InChI is InChI=1S/C24H29FN4O4/c1-15(2)13-28-11-8-16(3)29-22(32)20-21(31)19(30)9-10-27(20)14-24(28,29)23(33)26-12-17-4-6-18(25)7-5-17/h4-7,9-10,15-16,31H,8,11-14H2,1-3H3,(H,26,33)/t16-,24?/m0/s1. The van der Waals surface area contributed by atoms with Gasteiger partial charge in [-0.3, -0.25) is 19.3 Å². The summed E-state index contributed by atoms with van der Waals surface area (Å²) in [4.78, 5) is 43.1. The molecule has 2 N–H and O–H groups in total. The van der Waals surface area contributed by atoms with Gasteiger partial charge in [0.05, 0.1) is 6.54 Å². The number of pyridine rings is 1. The van der Waals surface area contributed by atoms with Gasteiger partial charge in [0.2, 0.25) is 5.43 Å². The molecule has 0 spiro atoms. The van der Waals surface area contributed by atoms with Gasteiger partial charge >= 0.3 is 0 Å². The predicted molar refractivity (Wildman–Crippen MR) is 120 cm³/mol. The molecule has 1 aromatic heterocycles. The number of aromatic hydroxyl groups is 1. The Hall–Kier alpha value is -3.20. The maximum absolute atomic E-state index is 13.9. The second-order valence-corrected chi connectivity index (χ2v) is 9.28. The maximum atomic E-state index is 13.9. The number of nitrogens with one attached hydrogen (secondary N) is 1. The molecule has 1 fully saturated rings. The van der Waals surface area contributed by atoms with Crippen molar-refractivity contribution in [2.45, 2.75) is 52.0 Å². The van der Waals surface area contributed by atoms with E-state index in [1.54, 1.807) is 12.1 Å². The van der Waals surface area contributed by atoms with Crippen molar-refractivity contribution in [3.05, 3.63) is 63.8 Å². The Labute approximate surface area is 191 Å². The molecule has 33 heavy (non-hydrogen) atoms. The molecule has 0 aliphatic carbocycles. The van der Waals surface area contributed by atoms with Crippen LogP contribution in [0.1, 0.15) is 43.2 Å². The lowest BCUT2D eigenvalue weighted by molar-refractivity contribution is -0.162. The van der Waals surface area contributed by atoms with Gasteiger partial charge in [-0.15, -0.1) is 0 Å². The van der Waals surface area contributed by atoms with Crippen molar-refractivity contribution in [1.29, 1.82) is 0 Å². The maximum Gasteiger partial charge on any atom is 0.276 e. The second-order valence-electron chi connectivity index (χ2n) is 9.28. The van der Waals surface area contributed by atoms with E-state index in [1.165, 1.54) is 33.9 Å². The Bertz CT molecular complexity index is 1130. The highest BCUT2D eigenvalue weighted by atomic mass is 19.1. The van der Waals surface area contributed by atoms with Crippen molar-refractivity contribution in [2.75, 3.05) is 13.1 Å². The zero-order chi connectivity index (χ0) is 23.9. The van der Waals surface area contributed by atoms with Gasteiger partial charge in [-0.25, -0.2) is 4.39 Å². The molecule has 1 aromatic carbocycles. The van der Waals surface area contributed by atoms with Gasteiger partial charge in [0.1, 0.15) is 5.82 Å². The van der Waals surface area contributed by atoms with Crippen LogP contribution in [0, 0.1) is 11.7 Å². The fourth-order valence-corrected chi connectivity index (χ4v) is 4.92. The van der Waals surface area contributed by atoms with E-state index in [9.17, 15) is 23.9 Å². The molecule has 0 bridgehead atoms. The molecule has 4 rings (SSSR count). The lowest BCUT2D eigenvalue weighted by Gasteiger charge is -2.57. The summed E-state index contributed by atoms with van der Waals surface area (Å²) in [6, 6.07) is 6.79. The number of halogens is 1. The fourth-order valence-electron chi connectivity index (χ4n) is 4.92. The summed E-state index contributed by atoms with van der Waals surface area (Å²) in [7, 11) is 0. The van der Waals surface area contributed by atoms with E-state index in [1.807, 2.05) is 25.7 Å². The molecule has 2 atom stereocenters. The number of benzene rings is 1. The monoisotopic (exact) mass is 456 g/mol. The highest BCUT2D eigenvalue weighted by Crippen LogP contribution is 2.38. The molecule has 2 amide bonds. The highest BCUT2D eigenvalue weighted by molar-refractivity contribution is 6.01. The average Bonchev–Trinajstić information content (AvgIpc) is 2.77. The number of hydrogen-bond acceptors (Lipinski definition) is 5. The number of carbonyl (C=O) groups excluding carboxylic acids is 2. The van der Waals surface area contributed by atoms with Crippen molar-refractivity contribution in [3.63, 3.8) is 0 Å². The fraction of sp³-hybridized carbons (Fsp3) is 0.458. The van der Waals surface area contributed by atoms with Crippen LogP contribution < -0.4 is 10.7 Å². The smallest absolute Gasteiger partial charge is 0.276 e. The van der Waals surface area contributed by atoms with Crippen LogP contribution in [0.4, 0.5) is 4.39 Å². The van der Waals surface area contributed by atoms with E-state index in [2.05, 4.69) is 5.32 Å². The number of aromatic nitrogens is 1. The number of carbonyl (C=O) groups is 2. The van der Waals surface area contributed by atoms with Gasteiger partial charge in [0.15, 0.2) is 17.1 Å². The molecule has 1 saturated heterocycles. The lowest BCUT2D eigenvalue weighted by atomic mass is 9.90. The van der Waals surface area contributed by atoms with E-state index in [0.29, 0.717) is 19.5 Å². The molecule has 8 nitrogen and oxygen atoms in total. The molecule has 1 unspecified atom stereocenters. The first kappa shape index (κ1) is 23.0. The SMILES string of the molecule is CC(C)CN1CC[C@H](C)N2C(=O)c3c(O)c(=O)ccn3CC12C(=O)NCc1ccc(F)cc1. The van der Waals surface area contributed by atoms with E-state index in [0.717, 1.165) is 5.56 Å². The number of amides is 2. The summed E-state index contributed by atoms with van der Waals surface area (Å²) < 4.78 is 14.8. The van der Waals surface area contributed by atoms with Crippen molar-refractivity contribution < 1.29 is 19.1 Å². The van der Waals surface area contributed by atoms with Crippen molar-refractivity contribution in [3.8, 4) is 5.75 Å². The summed E-state index contributed by atoms with van der Waals surface area (Å²) in [6.07, 6.45) is 2.11. The van der Waals surface area contributed by atoms with Crippen LogP contribution in [-0.4, -0.2) is 56.1 Å². The molecule has 2 aliphatic rings. The first-order chi connectivity index (χ1) is 15.6. The average molecular weight is 457 g/mol. The molecule has 9 heteroatoms. The molecule has 0 radical (unpaired) electrons. The van der Waals surface area contributed by atoms with Gasteiger partial charge in [-0.05, 0) is 37.0 Å². The quantitative estimate of drug-likeness (QED) is 0.717. The second kappa shape index (κ2) is 8.62. The van der Waals surface area contributed by atoms with Gasteiger partial charge in [0.25, 0.3) is 11.8 Å². The number of nitrogens with zero attached hydrogens (tertiary/aromatic N) is 3. The van der Waals surface area contributed by atoms with Gasteiger partial charge < -0.3 is 19.9 Å². The Balaban J connectivity index is 1.79. The van der Waals surface area contributed by atoms with Crippen LogP contribution in [-0.2, 0) is 17.9 Å². The van der Waals surface area contributed by atoms with Gasteiger partial charge in [-0.2, -0.15) is 0 Å². The molecule has 0 saturated carbocycles. The van der Waals surface area contributed by atoms with Crippen molar-refractivity contribution in [2.24, 2.45) is 5.92 Å². The Morgan fingerprint density at radius 1 is 1.24 bits per heavy atom. The Morgan fingerprint density at radius 3 is 2.61 bits per heavy atom. The molecular weight excluding hydrogens is 427 g/mol. The topological polar surface area (TPSA) is 94.9 Å². The number of rotatable bonds is 5. The third-order valence-electron chi connectivity index (χ3n) is 6.46. The minimum atomic E-state index is -1.33. The predicted octanol–water partition coefficient (Wildman–Crippen LogP) is 1.91. The van der Waals surface area contributed by atoms with Crippen LogP contribution >= 0.6 is 0 Å². The van der Waals surface area contributed by atoms with Crippen LogP contribution in [0.3, 0.4) is 0 Å². The third kappa shape index (κ3) is 3.90. The minimum Gasteiger partial charge on any atom is -0.503 e. The molecular formula is C24H29FN4O4. The summed E-state index contributed by atoms with van der Waals surface area (Å²) in [5.74, 6) is -1.62. The lowest BCUT2D eigenvalue weighted by Crippen LogP contribution is -2.78. The zero-order valence-corrected chi connectivity index (χ0v) is 19.0. The number of hydrogen-bond donors (Lipinski definition) is 2. The van der Waals surface area contributed by atoms with E-state index in [-0.39, 0.29) is 42.5 Å². The normalized spacial score (nSPS) is 22.8. The van der Waals surface area contributed by atoms with Gasteiger partial charge in [-0.1, -0.05) is 26.0 Å². The highest BCUT2D eigenvalue weighted by Gasteiger charge is 2.58. The Morgan fingerprint density at radius 2 is 1.94 bits per heavy atom. The van der Waals surface area contributed by atoms with Crippen LogP contribution in [0.25, 0.3) is 0 Å². The summed E-state index contributed by atoms with van der Waals surface area (Å²) in [5, 5.41) is 13.3. The van der Waals surface area contributed by atoms with Crippen molar-refractivity contribution in [1.82, 2.24) is 19.7 Å². The summed E-state index contributed by atoms with van der Waals surface area (Å²) in [6.45, 7) is 7.43. The van der Waals surface area contributed by atoms with E-state index >= 15 is 0 Å². The van der Waals surface area contributed by atoms with Crippen molar-refractivity contribution >= 4 is 11.8 Å². The van der Waals surface area contributed by atoms with Crippen LogP contribution in [0.15, 0.2) is 41.3 Å². The molecule has 176 valence electrons. The van der Waals surface area contributed by atoms with E-state index in [4.69, 9.17) is 0 Å². The third-order valence-corrected chi connectivity index (χ3v) is 6.46. The molecule has 3 heterocycles. The van der Waals surface area contributed by atoms with Crippen LogP contribution in [0.5, 0.6) is 5.75 Å². The first-order valence-electron chi connectivity index (χ1n) is 11.2. The Kier molecular flexibility index (Phi) is 6.00. The number of fused-ring (bicyclic) bond motifs is 2. The summed E-state index contributed by atoms with van der Waals surface area (Å²) in [5.41, 5.74) is -1.32. The first-order valence-corrected chi connectivity index (χ1v) is 11.2. The van der Waals surface area contributed by atoms with E-state index < -0.39 is 22.7 Å².